The first-order chi connectivity index (χ1) is 9.20. The Balaban J connectivity index is 2.30. The maximum absolute atomic E-state index is 12.6. The van der Waals surface area contributed by atoms with Crippen LogP contribution >= 0.6 is 27.3 Å². The lowest BCUT2D eigenvalue weighted by Crippen LogP contribution is -2.40. The van der Waals surface area contributed by atoms with Crippen LogP contribution in [0.2, 0.25) is 0 Å². The molecule has 0 aromatic carbocycles. The van der Waals surface area contributed by atoms with Gasteiger partial charge in [0.15, 0.2) is 0 Å². The topological polar surface area (TPSA) is 66.5 Å². The number of sulfonamides is 1. The first-order valence-corrected chi connectivity index (χ1v) is 9.24. The smallest absolute Gasteiger partial charge is 0.244 e. The molecule has 2 rings (SSSR count). The molecule has 0 bridgehead atoms. The molecule has 20 heavy (non-hydrogen) atoms. The zero-order chi connectivity index (χ0) is 15.1. The Hall–Kier alpha value is -0.440. The summed E-state index contributed by atoms with van der Waals surface area (Å²) in [7, 11) is -1.95. The molecule has 0 spiro atoms. The molecule has 5 nitrogen and oxygen atoms in total. The number of hydrogen-bond acceptors (Lipinski definition) is 4. The van der Waals surface area contributed by atoms with Crippen LogP contribution in [0.4, 0.5) is 0 Å². The van der Waals surface area contributed by atoms with Crippen molar-refractivity contribution < 1.29 is 13.2 Å². The molecule has 1 aliphatic heterocycles. The van der Waals surface area contributed by atoms with Gasteiger partial charge in [-0.1, -0.05) is 0 Å². The van der Waals surface area contributed by atoms with Gasteiger partial charge in [0.25, 0.3) is 0 Å². The fraction of sp³-hybridized carbons (Fsp3) is 0.583. The van der Waals surface area contributed by atoms with Crippen molar-refractivity contribution in [1.82, 2.24) is 9.62 Å². The van der Waals surface area contributed by atoms with Crippen LogP contribution in [0.5, 0.6) is 0 Å². The summed E-state index contributed by atoms with van der Waals surface area (Å²) in [4.78, 5) is 13.0. The highest BCUT2D eigenvalue weighted by molar-refractivity contribution is 9.11. The first kappa shape index (κ1) is 15.9. The molecule has 1 fully saturated rings. The summed E-state index contributed by atoms with van der Waals surface area (Å²) in [5, 5.41) is 2.61. The molecule has 0 aliphatic carbocycles. The summed E-state index contributed by atoms with van der Waals surface area (Å²) >= 11 is 4.71. The van der Waals surface area contributed by atoms with E-state index in [0.29, 0.717) is 17.9 Å². The van der Waals surface area contributed by atoms with Gasteiger partial charge in [0.05, 0.1) is 14.1 Å². The third-order valence-electron chi connectivity index (χ3n) is 3.67. The molecule has 1 aliphatic rings. The largest absolute Gasteiger partial charge is 0.359 e. The molecule has 1 atom stereocenters. The number of amides is 1. The SMILES string of the molecule is CNC(=O)C1(C)CCN(S(=O)(=O)c2cc(Br)sc2C)C1. The number of aryl methyl sites for hydroxylation is 1. The number of nitrogens with one attached hydrogen (secondary N) is 1. The van der Waals surface area contributed by atoms with E-state index in [1.807, 2.05) is 0 Å². The Bertz CT molecular complexity index is 641. The molecular formula is C12H17BrN2O3S2. The monoisotopic (exact) mass is 380 g/mol. The summed E-state index contributed by atoms with van der Waals surface area (Å²) < 4.78 is 27.5. The molecule has 0 saturated carbocycles. The minimum absolute atomic E-state index is 0.113. The Labute approximate surface area is 131 Å². The van der Waals surface area contributed by atoms with Crippen LogP contribution in [-0.2, 0) is 14.8 Å². The van der Waals surface area contributed by atoms with Gasteiger partial charge >= 0.3 is 0 Å². The second-order valence-electron chi connectivity index (χ2n) is 5.20. The van der Waals surface area contributed by atoms with Crippen LogP contribution in [-0.4, -0.2) is 38.8 Å². The summed E-state index contributed by atoms with van der Waals surface area (Å²) in [5.74, 6) is -0.113. The van der Waals surface area contributed by atoms with Gasteiger partial charge in [0, 0.05) is 25.0 Å². The number of carbonyl (C=O) groups excluding carboxylic acids is 1. The van der Waals surface area contributed by atoms with E-state index in [-0.39, 0.29) is 12.5 Å². The summed E-state index contributed by atoms with van der Waals surface area (Å²) in [6, 6.07) is 1.63. The normalized spacial score (nSPS) is 24.0. The molecule has 1 N–H and O–H groups in total. The molecule has 1 saturated heterocycles. The lowest BCUT2D eigenvalue weighted by molar-refractivity contribution is -0.128. The van der Waals surface area contributed by atoms with Crippen LogP contribution < -0.4 is 5.32 Å². The third kappa shape index (κ3) is 2.66. The highest BCUT2D eigenvalue weighted by atomic mass is 79.9. The lowest BCUT2D eigenvalue weighted by atomic mass is 9.89. The van der Waals surface area contributed by atoms with Gasteiger partial charge in [0.2, 0.25) is 15.9 Å². The van der Waals surface area contributed by atoms with Crippen molar-refractivity contribution in [3.05, 3.63) is 14.7 Å². The zero-order valence-corrected chi connectivity index (χ0v) is 14.8. The van der Waals surface area contributed by atoms with Crippen molar-refractivity contribution in [2.75, 3.05) is 20.1 Å². The van der Waals surface area contributed by atoms with E-state index < -0.39 is 15.4 Å². The molecule has 1 aromatic heterocycles. The number of nitrogens with zero attached hydrogens (tertiary/aromatic N) is 1. The lowest BCUT2D eigenvalue weighted by Gasteiger charge is -2.22. The molecule has 1 unspecified atom stereocenters. The zero-order valence-electron chi connectivity index (χ0n) is 11.6. The van der Waals surface area contributed by atoms with E-state index in [9.17, 15) is 13.2 Å². The van der Waals surface area contributed by atoms with Gasteiger partial charge < -0.3 is 5.32 Å². The maximum Gasteiger partial charge on any atom is 0.244 e. The van der Waals surface area contributed by atoms with Gasteiger partial charge in [-0.2, -0.15) is 4.31 Å². The predicted octanol–water partition coefficient (Wildman–Crippen LogP) is 1.97. The second-order valence-corrected chi connectivity index (χ2v) is 9.74. The average molecular weight is 381 g/mol. The predicted molar refractivity (Wildman–Crippen MR) is 82.3 cm³/mol. The number of hydrogen-bond donors (Lipinski definition) is 1. The number of thiophene rings is 1. The van der Waals surface area contributed by atoms with Crippen molar-refractivity contribution in [2.45, 2.75) is 25.2 Å². The number of rotatable bonds is 3. The molecule has 1 aromatic rings. The molecule has 8 heteroatoms. The Kier molecular flexibility index (Phi) is 4.30. The number of halogens is 1. The van der Waals surface area contributed by atoms with E-state index in [1.165, 1.54) is 15.6 Å². The molecule has 1 amide bonds. The Morgan fingerprint density at radius 2 is 2.20 bits per heavy atom. The fourth-order valence-electron chi connectivity index (χ4n) is 2.44. The maximum atomic E-state index is 12.6. The van der Waals surface area contributed by atoms with E-state index in [4.69, 9.17) is 0 Å². The molecular weight excluding hydrogens is 364 g/mol. The van der Waals surface area contributed by atoms with E-state index in [2.05, 4.69) is 21.2 Å². The summed E-state index contributed by atoms with van der Waals surface area (Å²) in [6.07, 6.45) is 0.538. The summed E-state index contributed by atoms with van der Waals surface area (Å²) in [5.41, 5.74) is -0.650. The summed E-state index contributed by atoms with van der Waals surface area (Å²) in [6.45, 7) is 4.19. The standard InChI is InChI=1S/C12H17BrN2O3S2/c1-8-9(6-10(13)19-8)20(17,18)15-5-4-12(2,7-15)11(16)14-3/h6H,4-5,7H2,1-3H3,(H,14,16). The van der Waals surface area contributed by atoms with Gasteiger partial charge in [0.1, 0.15) is 0 Å². The van der Waals surface area contributed by atoms with Crippen LogP contribution in [0.3, 0.4) is 0 Å². The number of carbonyl (C=O) groups is 1. The van der Waals surface area contributed by atoms with Crippen LogP contribution in [0, 0.1) is 12.3 Å². The van der Waals surface area contributed by atoms with Gasteiger partial charge in [-0.3, -0.25) is 4.79 Å². The van der Waals surface area contributed by atoms with Crippen molar-refractivity contribution in [2.24, 2.45) is 5.41 Å². The molecule has 2 heterocycles. The van der Waals surface area contributed by atoms with Gasteiger partial charge in [-0.05, 0) is 42.3 Å². The molecule has 112 valence electrons. The van der Waals surface area contributed by atoms with Crippen LogP contribution in [0.1, 0.15) is 18.2 Å². The fourth-order valence-corrected chi connectivity index (χ4v) is 6.38. The average Bonchev–Trinajstić information content (AvgIpc) is 2.93. The second kappa shape index (κ2) is 5.40. The minimum Gasteiger partial charge on any atom is -0.359 e. The quantitative estimate of drug-likeness (QED) is 0.871. The first-order valence-electron chi connectivity index (χ1n) is 6.19. The Morgan fingerprint density at radius 1 is 1.55 bits per heavy atom. The van der Waals surface area contributed by atoms with Crippen molar-refractivity contribution >= 4 is 43.2 Å². The van der Waals surface area contributed by atoms with Crippen molar-refractivity contribution in [3.8, 4) is 0 Å². The highest BCUT2D eigenvalue weighted by Crippen LogP contribution is 2.37. The van der Waals surface area contributed by atoms with E-state index in [1.54, 1.807) is 27.0 Å². The Morgan fingerprint density at radius 3 is 2.70 bits per heavy atom. The van der Waals surface area contributed by atoms with Gasteiger partial charge in [-0.25, -0.2) is 8.42 Å². The minimum atomic E-state index is -3.53. The van der Waals surface area contributed by atoms with Gasteiger partial charge in [-0.15, -0.1) is 11.3 Å². The molecule has 0 radical (unpaired) electrons. The van der Waals surface area contributed by atoms with Crippen LogP contribution in [0.25, 0.3) is 0 Å². The highest BCUT2D eigenvalue weighted by Gasteiger charge is 2.44. The van der Waals surface area contributed by atoms with Crippen molar-refractivity contribution in [1.29, 1.82) is 0 Å². The van der Waals surface area contributed by atoms with E-state index >= 15 is 0 Å². The van der Waals surface area contributed by atoms with Crippen LogP contribution in [0.15, 0.2) is 14.7 Å². The van der Waals surface area contributed by atoms with Crippen molar-refractivity contribution in [3.63, 3.8) is 0 Å². The van der Waals surface area contributed by atoms with E-state index in [0.717, 1.165) is 8.66 Å². The third-order valence-corrected chi connectivity index (χ3v) is 7.33.